The molecule has 0 aromatic carbocycles. The van der Waals surface area contributed by atoms with Crippen LogP contribution in [0.2, 0.25) is 0 Å². The van der Waals surface area contributed by atoms with Crippen molar-refractivity contribution in [1.29, 1.82) is 0 Å². The fraction of sp³-hybridized carbons (Fsp3) is 0.963. The summed E-state index contributed by atoms with van der Waals surface area (Å²) in [4.78, 5) is 26.1. The van der Waals surface area contributed by atoms with Gasteiger partial charge in [0.25, 0.3) is 0 Å². The smallest absolute Gasteiger partial charge is 0.306 e. The normalized spacial score (nSPS) is 13.1. The first-order valence-corrected chi connectivity index (χ1v) is 27.3. The summed E-state index contributed by atoms with van der Waals surface area (Å²) in [6.45, 7) is 6.51. The van der Waals surface area contributed by atoms with E-state index in [0.29, 0.717) is 19.3 Å². The lowest BCUT2D eigenvalue weighted by Gasteiger charge is -2.24. The molecule has 6 nitrogen and oxygen atoms in total. The van der Waals surface area contributed by atoms with Gasteiger partial charge in [-0.2, -0.15) is 0 Å². The number of esters is 1. The van der Waals surface area contributed by atoms with E-state index in [0.717, 1.165) is 38.5 Å². The summed E-state index contributed by atoms with van der Waals surface area (Å²) in [6, 6.07) is -0.692. The molecule has 0 spiro atoms. The van der Waals surface area contributed by atoms with Gasteiger partial charge in [0.2, 0.25) is 5.91 Å². The Morgan fingerprint density at radius 2 is 0.700 bits per heavy atom. The van der Waals surface area contributed by atoms with Crippen LogP contribution in [-0.2, 0) is 14.3 Å². The minimum atomic E-state index is -0.779. The van der Waals surface area contributed by atoms with Gasteiger partial charge < -0.3 is 20.3 Å². The first-order chi connectivity index (χ1) is 29.5. The topological polar surface area (TPSA) is 95.9 Å². The van der Waals surface area contributed by atoms with Gasteiger partial charge in [-0.05, 0) is 25.7 Å². The average Bonchev–Trinajstić information content (AvgIpc) is 3.24. The van der Waals surface area contributed by atoms with Gasteiger partial charge in [0.05, 0.1) is 25.2 Å². The van der Waals surface area contributed by atoms with E-state index >= 15 is 0 Å². The van der Waals surface area contributed by atoms with Crippen LogP contribution in [0.25, 0.3) is 0 Å². The van der Waals surface area contributed by atoms with Crippen molar-refractivity contribution in [2.24, 2.45) is 0 Å². The van der Waals surface area contributed by atoms with Crippen LogP contribution in [0.15, 0.2) is 0 Å². The van der Waals surface area contributed by atoms with Crippen LogP contribution in [0.4, 0.5) is 0 Å². The van der Waals surface area contributed by atoms with E-state index in [9.17, 15) is 19.8 Å². The van der Waals surface area contributed by atoms with Crippen LogP contribution >= 0.6 is 0 Å². The van der Waals surface area contributed by atoms with E-state index in [2.05, 4.69) is 26.1 Å². The lowest BCUT2D eigenvalue weighted by atomic mass is 10.0. The monoisotopic (exact) mass is 850 g/mol. The van der Waals surface area contributed by atoms with Gasteiger partial charge in [0.15, 0.2) is 0 Å². The Labute approximate surface area is 375 Å². The molecule has 1 amide bonds. The molecule has 6 heteroatoms. The summed E-state index contributed by atoms with van der Waals surface area (Å²) < 4.78 is 5.94. The maximum absolute atomic E-state index is 13.2. The molecule has 0 fully saturated rings. The molecule has 0 aliphatic carbocycles. The summed E-state index contributed by atoms with van der Waals surface area (Å²) in [7, 11) is 0. The minimum absolute atomic E-state index is 0.0876. The standard InChI is InChI=1S/C54H107NO5/c1-4-7-10-13-16-19-22-24-26-27-28-30-32-35-38-41-44-47-54(59)60-50(45-42-39-36-33-21-18-15-12-9-6-3)48-53(58)55-51(49-56)52(57)46-43-40-37-34-31-29-25-23-20-17-14-11-8-5-2/h50-52,56-57H,4-49H2,1-3H3,(H,55,58). The second kappa shape index (κ2) is 48.9. The second-order valence-corrected chi connectivity index (χ2v) is 19.0. The Kier molecular flexibility index (Phi) is 48.0. The van der Waals surface area contributed by atoms with Crippen LogP contribution in [0, 0.1) is 0 Å². The molecule has 3 N–H and O–H groups in total. The lowest BCUT2D eigenvalue weighted by Crippen LogP contribution is -2.46. The third-order valence-corrected chi connectivity index (χ3v) is 12.9. The Morgan fingerprint density at radius 3 is 1.02 bits per heavy atom. The van der Waals surface area contributed by atoms with Crippen LogP contribution in [0.1, 0.15) is 310 Å². The van der Waals surface area contributed by atoms with E-state index in [1.54, 1.807) is 0 Å². The predicted octanol–water partition coefficient (Wildman–Crippen LogP) is 16.4. The molecular weight excluding hydrogens is 743 g/mol. The van der Waals surface area contributed by atoms with Crippen LogP contribution < -0.4 is 5.32 Å². The maximum atomic E-state index is 13.2. The maximum Gasteiger partial charge on any atom is 0.306 e. The fourth-order valence-electron chi connectivity index (χ4n) is 8.79. The molecule has 0 saturated carbocycles. The first kappa shape index (κ1) is 58.9. The quantitative estimate of drug-likeness (QED) is 0.0419. The summed E-state index contributed by atoms with van der Waals surface area (Å²) in [5, 5.41) is 23.8. The van der Waals surface area contributed by atoms with Crippen molar-refractivity contribution in [2.45, 2.75) is 328 Å². The molecule has 0 bridgehead atoms. The molecule has 60 heavy (non-hydrogen) atoms. The summed E-state index contributed by atoms with van der Waals surface area (Å²) >= 11 is 0. The van der Waals surface area contributed by atoms with E-state index < -0.39 is 18.2 Å². The number of hydrogen-bond donors (Lipinski definition) is 3. The Balaban J connectivity index is 4.40. The highest BCUT2D eigenvalue weighted by atomic mass is 16.5. The van der Waals surface area contributed by atoms with Gasteiger partial charge >= 0.3 is 5.97 Å². The summed E-state index contributed by atoms with van der Waals surface area (Å²) in [5.74, 6) is -0.450. The number of aliphatic hydroxyl groups excluding tert-OH is 2. The molecule has 0 heterocycles. The van der Waals surface area contributed by atoms with Crippen molar-refractivity contribution in [1.82, 2.24) is 5.32 Å². The third-order valence-electron chi connectivity index (χ3n) is 12.9. The molecule has 0 saturated heterocycles. The van der Waals surface area contributed by atoms with Crippen molar-refractivity contribution < 1.29 is 24.5 Å². The van der Waals surface area contributed by atoms with Gasteiger partial charge in [0, 0.05) is 6.42 Å². The summed E-state index contributed by atoms with van der Waals surface area (Å²) in [5.41, 5.74) is 0. The first-order valence-electron chi connectivity index (χ1n) is 27.3. The molecule has 0 radical (unpaired) electrons. The number of aliphatic hydroxyl groups is 2. The Hall–Kier alpha value is -1.14. The molecule has 0 aliphatic heterocycles. The Bertz CT molecular complexity index is 867. The number of carbonyl (C=O) groups is 2. The number of unbranched alkanes of at least 4 members (excludes halogenated alkanes) is 38. The third kappa shape index (κ3) is 43.5. The molecule has 0 aromatic rings. The van der Waals surface area contributed by atoms with Gasteiger partial charge in [-0.25, -0.2) is 0 Å². The van der Waals surface area contributed by atoms with Gasteiger partial charge in [0.1, 0.15) is 6.10 Å². The Morgan fingerprint density at radius 1 is 0.417 bits per heavy atom. The lowest BCUT2D eigenvalue weighted by molar-refractivity contribution is -0.151. The molecular formula is C54H107NO5. The van der Waals surface area contributed by atoms with E-state index in [1.165, 1.54) is 225 Å². The number of hydrogen-bond acceptors (Lipinski definition) is 5. The zero-order valence-electron chi connectivity index (χ0n) is 40.9. The molecule has 0 aliphatic rings. The number of rotatable bonds is 50. The molecule has 3 atom stereocenters. The number of carbonyl (C=O) groups excluding carboxylic acids is 2. The SMILES string of the molecule is CCCCCCCCCCCCCCCCCCCC(=O)OC(CCCCCCCCCCCC)CC(=O)NC(CO)C(O)CCCCCCCCCCCCCCCC. The zero-order chi connectivity index (χ0) is 43.8. The predicted molar refractivity (Wildman–Crippen MR) is 260 cm³/mol. The highest BCUT2D eigenvalue weighted by Gasteiger charge is 2.24. The van der Waals surface area contributed by atoms with E-state index in [-0.39, 0.29) is 24.9 Å². The highest BCUT2D eigenvalue weighted by Crippen LogP contribution is 2.19. The van der Waals surface area contributed by atoms with Crippen LogP contribution in [0.3, 0.4) is 0 Å². The summed E-state index contributed by atoms with van der Waals surface area (Å²) in [6.07, 6.45) is 53.1. The van der Waals surface area contributed by atoms with Crippen molar-refractivity contribution in [2.75, 3.05) is 6.61 Å². The largest absolute Gasteiger partial charge is 0.462 e. The minimum Gasteiger partial charge on any atom is -0.462 e. The van der Waals surface area contributed by atoms with Crippen LogP contribution in [0.5, 0.6) is 0 Å². The van der Waals surface area contributed by atoms with Crippen molar-refractivity contribution in [3.8, 4) is 0 Å². The average molecular weight is 850 g/mol. The van der Waals surface area contributed by atoms with Crippen molar-refractivity contribution in [3.63, 3.8) is 0 Å². The van der Waals surface area contributed by atoms with Crippen molar-refractivity contribution in [3.05, 3.63) is 0 Å². The fourth-order valence-corrected chi connectivity index (χ4v) is 8.79. The second-order valence-electron chi connectivity index (χ2n) is 19.0. The van der Waals surface area contributed by atoms with Crippen LogP contribution in [-0.4, -0.2) is 46.9 Å². The molecule has 358 valence electrons. The van der Waals surface area contributed by atoms with Crippen molar-refractivity contribution >= 4 is 11.9 Å². The van der Waals surface area contributed by atoms with Gasteiger partial charge in [-0.3, -0.25) is 9.59 Å². The van der Waals surface area contributed by atoms with E-state index in [4.69, 9.17) is 4.74 Å². The highest BCUT2D eigenvalue weighted by molar-refractivity contribution is 5.77. The molecule has 0 rings (SSSR count). The molecule has 3 unspecified atom stereocenters. The zero-order valence-corrected chi connectivity index (χ0v) is 40.9. The number of nitrogens with one attached hydrogen (secondary N) is 1. The molecule has 0 aromatic heterocycles. The van der Waals surface area contributed by atoms with Gasteiger partial charge in [-0.1, -0.05) is 271 Å². The number of ether oxygens (including phenoxy) is 1. The van der Waals surface area contributed by atoms with Gasteiger partial charge in [-0.15, -0.1) is 0 Å². The van der Waals surface area contributed by atoms with E-state index in [1.807, 2.05) is 0 Å². The number of amides is 1.